The molecular formula is C25H40N6O. The van der Waals surface area contributed by atoms with Crippen LogP contribution >= 0.6 is 0 Å². The zero-order valence-electron chi connectivity index (χ0n) is 19.8. The van der Waals surface area contributed by atoms with Crippen molar-refractivity contribution in [3.63, 3.8) is 0 Å². The van der Waals surface area contributed by atoms with E-state index in [0.29, 0.717) is 18.1 Å². The zero-order chi connectivity index (χ0) is 21.7. The third-order valence-electron chi connectivity index (χ3n) is 9.15. The highest BCUT2D eigenvalue weighted by atomic mass is 16.5. The van der Waals surface area contributed by atoms with E-state index in [1.54, 1.807) is 6.33 Å². The molecule has 1 aromatic rings. The van der Waals surface area contributed by atoms with Gasteiger partial charge in [0.25, 0.3) is 0 Å². The summed E-state index contributed by atoms with van der Waals surface area (Å²) in [6.45, 7) is 9.10. The summed E-state index contributed by atoms with van der Waals surface area (Å²) >= 11 is 0. The van der Waals surface area contributed by atoms with E-state index in [-0.39, 0.29) is 11.6 Å². The van der Waals surface area contributed by atoms with Gasteiger partial charge >= 0.3 is 0 Å². The van der Waals surface area contributed by atoms with Crippen LogP contribution in [0.3, 0.4) is 0 Å². The van der Waals surface area contributed by atoms with Gasteiger partial charge in [-0.3, -0.25) is 10.3 Å². The molecule has 0 amide bonds. The first-order valence-electron chi connectivity index (χ1n) is 13.1. The fourth-order valence-electron chi connectivity index (χ4n) is 6.40. The van der Waals surface area contributed by atoms with Gasteiger partial charge in [-0.05, 0) is 64.7 Å². The fraction of sp³-hybridized carbons (Fsp3) is 0.840. The first kappa shape index (κ1) is 21.3. The third-order valence-corrected chi connectivity index (χ3v) is 9.15. The minimum absolute atomic E-state index is 0.160. The van der Waals surface area contributed by atoms with Gasteiger partial charge in [0.2, 0.25) is 0 Å². The van der Waals surface area contributed by atoms with Crippen molar-refractivity contribution in [1.29, 1.82) is 0 Å². The zero-order valence-corrected chi connectivity index (χ0v) is 19.8. The summed E-state index contributed by atoms with van der Waals surface area (Å²) in [7, 11) is 0. The number of ether oxygens (including phenoxy) is 1. The first-order chi connectivity index (χ1) is 15.6. The number of nitrogens with one attached hydrogen (secondary N) is 2. The Morgan fingerprint density at radius 3 is 2.59 bits per heavy atom. The van der Waals surface area contributed by atoms with E-state index in [2.05, 4.69) is 45.5 Å². The Labute approximate surface area is 192 Å². The molecule has 0 radical (unpaired) electrons. The molecule has 0 bridgehead atoms. The average Bonchev–Trinajstić information content (AvgIpc) is 3.35. The molecule has 32 heavy (non-hydrogen) atoms. The molecule has 6 rings (SSSR count). The second kappa shape index (κ2) is 8.49. The number of anilines is 1. The molecule has 5 fully saturated rings. The minimum atomic E-state index is 0.160. The molecular weight excluding hydrogens is 400 g/mol. The van der Waals surface area contributed by atoms with Crippen LogP contribution in [-0.4, -0.2) is 64.8 Å². The predicted octanol–water partition coefficient (Wildman–Crippen LogP) is 3.04. The van der Waals surface area contributed by atoms with Crippen molar-refractivity contribution in [1.82, 2.24) is 25.7 Å². The second-order valence-corrected chi connectivity index (χ2v) is 11.3. The maximum Gasteiger partial charge on any atom is 0.132 e. The molecule has 3 aliphatic carbocycles. The highest BCUT2D eigenvalue weighted by Crippen LogP contribution is 2.45. The van der Waals surface area contributed by atoms with E-state index in [1.807, 2.05) is 0 Å². The Morgan fingerprint density at radius 1 is 1.06 bits per heavy atom. The standard InChI is InChI=1S/C25H40N6O/c1-17(18-4-3-5-18)30-10-12-31(13-11-30)23-15-22(26-16-27-23)24-20-14-19(32-25(2)8-9-25)6-7-21(20)28-29-24/h15-21,24,28-29H,3-14H2,1-2H3. The van der Waals surface area contributed by atoms with Gasteiger partial charge in [0.05, 0.1) is 23.4 Å². The summed E-state index contributed by atoms with van der Waals surface area (Å²) in [6, 6.07) is 3.72. The number of nitrogens with zero attached hydrogens (tertiary/aromatic N) is 4. The summed E-state index contributed by atoms with van der Waals surface area (Å²) in [6.07, 6.45) is 12.3. The monoisotopic (exact) mass is 440 g/mol. The molecule has 5 aliphatic rings. The molecule has 0 spiro atoms. The number of fused-ring (bicyclic) bond motifs is 1. The van der Waals surface area contributed by atoms with Gasteiger partial charge in [-0.25, -0.2) is 15.4 Å². The van der Waals surface area contributed by atoms with Crippen LogP contribution in [0.2, 0.25) is 0 Å². The highest BCUT2D eigenvalue weighted by molar-refractivity contribution is 5.40. The van der Waals surface area contributed by atoms with E-state index >= 15 is 0 Å². The average molecular weight is 441 g/mol. The van der Waals surface area contributed by atoms with Crippen molar-refractivity contribution in [2.75, 3.05) is 31.1 Å². The predicted molar refractivity (Wildman–Crippen MR) is 125 cm³/mol. The number of rotatable bonds is 6. The van der Waals surface area contributed by atoms with Crippen molar-refractivity contribution >= 4 is 5.82 Å². The van der Waals surface area contributed by atoms with Crippen molar-refractivity contribution in [3.8, 4) is 0 Å². The smallest absolute Gasteiger partial charge is 0.132 e. The van der Waals surface area contributed by atoms with Crippen molar-refractivity contribution < 1.29 is 4.74 Å². The Morgan fingerprint density at radius 2 is 1.88 bits per heavy atom. The SMILES string of the molecule is CC(C1CCC1)N1CCN(c2cc(C3NNC4CCC(OC5(C)CC5)CC43)ncn2)CC1. The molecule has 2 N–H and O–H groups in total. The molecule has 0 aromatic carbocycles. The van der Waals surface area contributed by atoms with Gasteiger partial charge in [-0.1, -0.05) is 6.42 Å². The van der Waals surface area contributed by atoms with Crippen LogP contribution < -0.4 is 15.8 Å². The van der Waals surface area contributed by atoms with E-state index < -0.39 is 0 Å². The van der Waals surface area contributed by atoms with Crippen molar-refractivity contribution in [3.05, 3.63) is 18.1 Å². The van der Waals surface area contributed by atoms with Crippen LogP contribution in [0.4, 0.5) is 5.82 Å². The van der Waals surface area contributed by atoms with E-state index in [4.69, 9.17) is 9.72 Å². The van der Waals surface area contributed by atoms with Gasteiger partial charge in [-0.15, -0.1) is 0 Å². The van der Waals surface area contributed by atoms with Gasteiger partial charge in [0.15, 0.2) is 0 Å². The maximum atomic E-state index is 6.46. The van der Waals surface area contributed by atoms with Crippen LogP contribution in [0.15, 0.2) is 12.4 Å². The van der Waals surface area contributed by atoms with E-state index in [1.165, 1.54) is 38.5 Å². The topological polar surface area (TPSA) is 65.5 Å². The summed E-state index contributed by atoms with van der Waals surface area (Å²) in [5, 5.41) is 0. The Balaban J connectivity index is 1.10. The van der Waals surface area contributed by atoms with Crippen LogP contribution in [0.1, 0.15) is 76.9 Å². The number of piperazine rings is 1. The number of hydrogen-bond acceptors (Lipinski definition) is 7. The minimum Gasteiger partial charge on any atom is -0.372 e. The Kier molecular flexibility index (Phi) is 5.65. The van der Waals surface area contributed by atoms with Gasteiger partial charge in [0, 0.05) is 50.2 Å². The molecule has 5 unspecified atom stereocenters. The first-order valence-corrected chi connectivity index (χ1v) is 13.1. The number of aromatic nitrogens is 2. The van der Waals surface area contributed by atoms with Crippen LogP contribution in [0, 0.1) is 11.8 Å². The number of hydrogen-bond donors (Lipinski definition) is 2. The summed E-state index contributed by atoms with van der Waals surface area (Å²) < 4.78 is 6.46. The molecule has 2 saturated heterocycles. The quantitative estimate of drug-likeness (QED) is 0.705. The molecule has 3 heterocycles. The lowest BCUT2D eigenvalue weighted by Crippen LogP contribution is -2.52. The highest BCUT2D eigenvalue weighted by Gasteiger charge is 2.46. The fourth-order valence-corrected chi connectivity index (χ4v) is 6.40. The molecule has 1 aromatic heterocycles. The lowest BCUT2D eigenvalue weighted by atomic mass is 9.79. The van der Waals surface area contributed by atoms with Gasteiger partial charge in [0.1, 0.15) is 12.1 Å². The second-order valence-electron chi connectivity index (χ2n) is 11.3. The summed E-state index contributed by atoms with van der Waals surface area (Å²) in [5.41, 5.74) is 8.41. The lowest BCUT2D eigenvalue weighted by Gasteiger charge is -2.43. The number of hydrazine groups is 1. The molecule has 5 atom stereocenters. The normalized spacial score (nSPS) is 35.9. The van der Waals surface area contributed by atoms with Crippen molar-refractivity contribution in [2.45, 2.75) is 95.0 Å². The van der Waals surface area contributed by atoms with Gasteiger partial charge < -0.3 is 9.64 Å². The van der Waals surface area contributed by atoms with E-state index in [0.717, 1.165) is 62.5 Å². The summed E-state index contributed by atoms with van der Waals surface area (Å²) in [5.74, 6) is 2.54. The summed E-state index contributed by atoms with van der Waals surface area (Å²) in [4.78, 5) is 14.5. The molecule has 7 heteroatoms. The maximum absolute atomic E-state index is 6.46. The third kappa shape index (κ3) is 4.17. The van der Waals surface area contributed by atoms with Crippen LogP contribution in [0.5, 0.6) is 0 Å². The Hall–Kier alpha value is -1.28. The Bertz CT molecular complexity index is 803. The van der Waals surface area contributed by atoms with E-state index in [9.17, 15) is 0 Å². The lowest BCUT2D eigenvalue weighted by molar-refractivity contribution is -0.0500. The van der Waals surface area contributed by atoms with Crippen LogP contribution in [-0.2, 0) is 4.74 Å². The molecule has 2 aliphatic heterocycles. The van der Waals surface area contributed by atoms with Gasteiger partial charge in [-0.2, -0.15) is 0 Å². The molecule has 176 valence electrons. The largest absolute Gasteiger partial charge is 0.372 e. The van der Waals surface area contributed by atoms with Crippen molar-refractivity contribution in [2.24, 2.45) is 11.8 Å². The van der Waals surface area contributed by atoms with Crippen LogP contribution in [0.25, 0.3) is 0 Å². The molecule has 7 nitrogen and oxygen atoms in total. The molecule has 3 saturated carbocycles.